The molecular formula is C35H60O4. The second kappa shape index (κ2) is 10.8. The molecule has 0 heterocycles. The molecule has 0 amide bonds. The van der Waals surface area contributed by atoms with Gasteiger partial charge in [-0.3, -0.25) is 4.79 Å². The van der Waals surface area contributed by atoms with Gasteiger partial charge in [0.1, 0.15) is 6.10 Å². The van der Waals surface area contributed by atoms with Crippen molar-refractivity contribution in [3.8, 4) is 0 Å². The number of aliphatic hydroxyl groups is 1. The zero-order chi connectivity index (χ0) is 29.0. The average Bonchev–Trinajstić information content (AvgIpc) is 3.19. The molecule has 0 aromatic heterocycles. The van der Waals surface area contributed by atoms with Crippen LogP contribution < -0.4 is 0 Å². The molecule has 9 unspecified atom stereocenters. The fourth-order valence-corrected chi connectivity index (χ4v) is 11.1. The first-order chi connectivity index (χ1) is 18.0. The maximum atomic E-state index is 12.5. The molecule has 4 rings (SSSR count). The van der Waals surface area contributed by atoms with Gasteiger partial charge in [-0.15, -0.1) is 0 Å². The summed E-state index contributed by atoms with van der Waals surface area (Å²) in [6.07, 6.45) is 13.0. The van der Waals surface area contributed by atoms with Gasteiger partial charge >= 0.3 is 5.97 Å². The largest absolute Gasteiger partial charge is 0.462 e. The van der Waals surface area contributed by atoms with Crippen LogP contribution in [-0.4, -0.2) is 35.5 Å². The summed E-state index contributed by atoms with van der Waals surface area (Å²) in [4.78, 5) is 12.5. The van der Waals surface area contributed by atoms with Crippen LogP contribution in [0, 0.1) is 45.3 Å². The van der Waals surface area contributed by atoms with Gasteiger partial charge in [-0.25, -0.2) is 0 Å². The van der Waals surface area contributed by atoms with Gasteiger partial charge in [-0.2, -0.15) is 0 Å². The van der Waals surface area contributed by atoms with E-state index in [2.05, 4.69) is 68.4 Å². The third kappa shape index (κ3) is 5.06. The summed E-state index contributed by atoms with van der Waals surface area (Å²) >= 11 is 0. The summed E-state index contributed by atoms with van der Waals surface area (Å²) in [6.45, 7) is 23.5. The highest BCUT2D eigenvalue weighted by Crippen LogP contribution is 2.76. The molecule has 224 valence electrons. The second-order valence-corrected chi connectivity index (χ2v) is 15.9. The van der Waals surface area contributed by atoms with E-state index >= 15 is 0 Å². The molecule has 0 aliphatic heterocycles. The summed E-state index contributed by atoms with van der Waals surface area (Å²) in [6, 6.07) is 0. The van der Waals surface area contributed by atoms with Gasteiger partial charge in [0.05, 0.1) is 11.7 Å². The zero-order valence-electron chi connectivity index (χ0n) is 27.0. The van der Waals surface area contributed by atoms with Crippen LogP contribution in [0.4, 0.5) is 0 Å². The first kappa shape index (κ1) is 31.1. The van der Waals surface area contributed by atoms with E-state index in [4.69, 9.17) is 9.47 Å². The van der Waals surface area contributed by atoms with E-state index in [1.54, 1.807) is 6.92 Å². The third-order valence-corrected chi connectivity index (χ3v) is 13.1. The van der Waals surface area contributed by atoms with Crippen LogP contribution in [0.15, 0.2) is 11.6 Å². The minimum atomic E-state index is -0.770. The molecule has 4 saturated carbocycles. The maximum Gasteiger partial charge on any atom is 0.302 e. The van der Waals surface area contributed by atoms with Crippen LogP contribution in [-0.2, 0) is 14.3 Å². The van der Waals surface area contributed by atoms with Crippen LogP contribution in [0.2, 0.25) is 0 Å². The standard InChI is InChI=1S/C35H60O4/c1-11-21-38-29-16-18-32(7)27(31(29,5)6)15-20-33(8)28(32)22-26(39-24(4)36)30-25(14-19-34(30,33)9)35(10,37)17-12-13-23(2)3/h13,25-30,37H,11-12,14-22H2,1-10H3/t25?,26?,27?,28?,29-,30?,32?,33?,34?,35?/m0/s1. The highest BCUT2D eigenvalue weighted by Gasteiger charge is 2.72. The van der Waals surface area contributed by atoms with E-state index in [-0.39, 0.29) is 45.6 Å². The first-order valence-electron chi connectivity index (χ1n) is 16.2. The van der Waals surface area contributed by atoms with E-state index < -0.39 is 5.60 Å². The summed E-state index contributed by atoms with van der Waals surface area (Å²) in [5, 5.41) is 11.9. The molecule has 4 aliphatic carbocycles. The van der Waals surface area contributed by atoms with E-state index in [1.807, 2.05) is 0 Å². The van der Waals surface area contributed by atoms with Crippen molar-refractivity contribution in [3.63, 3.8) is 0 Å². The lowest BCUT2D eigenvalue weighted by atomic mass is 9.35. The van der Waals surface area contributed by atoms with Gasteiger partial charge < -0.3 is 14.6 Å². The number of carbonyl (C=O) groups excluding carboxylic acids is 1. The monoisotopic (exact) mass is 544 g/mol. The van der Waals surface area contributed by atoms with Gasteiger partial charge in [0.15, 0.2) is 0 Å². The van der Waals surface area contributed by atoms with Gasteiger partial charge in [-0.05, 0) is 124 Å². The fraction of sp³-hybridized carbons (Fsp3) is 0.914. The summed E-state index contributed by atoms with van der Waals surface area (Å²) in [5.74, 6) is 1.27. The highest BCUT2D eigenvalue weighted by molar-refractivity contribution is 5.66. The molecular weight excluding hydrogens is 484 g/mol. The third-order valence-electron chi connectivity index (χ3n) is 13.1. The van der Waals surface area contributed by atoms with Crippen LogP contribution in [0.1, 0.15) is 133 Å². The molecule has 0 spiro atoms. The predicted octanol–water partition coefficient (Wildman–Crippen LogP) is 8.51. The molecule has 0 saturated heterocycles. The van der Waals surface area contributed by atoms with Gasteiger partial charge in [0.2, 0.25) is 0 Å². The normalized spacial score (nSPS) is 44.4. The molecule has 0 bridgehead atoms. The minimum Gasteiger partial charge on any atom is -0.462 e. The Labute approximate surface area is 240 Å². The Morgan fingerprint density at radius 1 is 0.974 bits per heavy atom. The van der Waals surface area contributed by atoms with E-state index in [0.29, 0.717) is 17.9 Å². The quantitative estimate of drug-likeness (QED) is 0.246. The number of hydrogen-bond acceptors (Lipinski definition) is 4. The topological polar surface area (TPSA) is 55.8 Å². The molecule has 0 aromatic carbocycles. The molecule has 0 radical (unpaired) electrons. The summed E-state index contributed by atoms with van der Waals surface area (Å²) in [5.41, 5.74) is 1.06. The fourth-order valence-electron chi connectivity index (χ4n) is 11.1. The lowest BCUT2D eigenvalue weighted by Crippen LogP contribution is -2.67. The Kier molecular flexibility index (Phi) is 8.57. The molecule has 4 nitrogen and oxygen atoms in total. The molecule has 4 heteroatoms. The van der Waals surface area contributed by atoms with Crippen molar-refractivity contribution in [2.45, 2.75) is 151 Å². The number of fused-ring (bicyclic) bond motifs is 5. The molecule has 10 atom stereocenters. The molecule has 4 fully saturated rings. The van der Waals surface area contributed by atoms with E-state index in [9.17, 15) is 9.90 Å². The molecule has 1 N–H and O–H groups in total. The Balaban J connectivity index is 1.70. The Bertz CT molecular complexity index is 931. The first-order valence-corrected chi connectivity index (χ1v) is 16.2. The lowest BCUT2D eigenvalue weighted by molar-refractivity contribution is -0.253. The number of esters is 1. The van der Waals surface area contributed by atoms with Crippen molar-refractivity contribution in [2.24, 2.45) is 45.3 Å². The van der Waals surface area contributed by atoms with Crippen molar-refractivity contribution < 1.29 is 19.4 Å². The van der Waals surface area contributed by atoms with E-state index in [1.165, 1.54) is 24.8 Å². The smallest absolute Gasteiger partial charge is 0.302 e. The van der Waals surface area contributed by atoms with Crippen molar-refractivity contribution in [1.29, 1.82) is 0 Å². The Hall–Kier alpha value is -0.870. The number of carbonyl (C=O) groups is 1. The number of rotatable bonds is 8. The van der Waals surface area contributed by atoms with Gasteiger partial charge in [0.25, 0.3) is 0 Å². The van der Waals surface area contributed by atoms with Crippen molar-refractivity contribution in [2.75, 3.05) is 6.61 Å². The maximum absolute atomic E-state index is 12.5. The van der Waals surface area contributed by atoms with Crippen molar-refractivity contribution in [1.82, 2.24) is 0 Å². The zero-order valence-corrected chi connectivity index (χ0v) is 27.0. The number of allylic oxidation sites excluding steroid dienone is 2. The Morgan fingerprint density at radius 2 is 1.64 bits per heavy atom. The van der Waals surface area contributed by atoms with Crippen molar-refractivity contribution >= 4 is 5.97 Å². The average molecular weight is 545 g/mol. The summed E-state index contributed by atoms with van der Waals surface area (Å²) in [7, 11) is 0. The van der Waals surface area contributed by atoms with Crippen LogP contribution in [0.25, 0.3) is 0 Å². The minimum absolute atomic E-state index is 0.0366. The Morgan fingerprint density at radius 3 is 2.26 bits per heavy atom. The van der Waals surface area contributed by atoms with Gasteiger partial charge in [-0.1, -0.05) is 53.2 Å². The predicted molar refractivity (Wildman–Crippen MR) is 159 cm³/mol. The lowest BCUT2D eigenvalue weighted by Gasteiger charge is -2.70. The van der Waals surface area contributed by atoms with Crippen LogP contribution in [0.5, 0.6) is 0 Å². The summed E-state index contributed by atoms with van der Waals surface area (Å²) < 4.78 is 12.8. The SMILES string of the molecule is CCCO[C@H]1CCC2(C)C(CCC3(C)C2CC(OC(C)=O)C2C(C(C)(O)CCC=C(C)C)CCC23C)C1(C)C. The highest BCUT2D eigenvalue weighted by atomic mass is 16.5. The van der Waals surface area contributed by atoms with E-state index in [0.717, 1.165) is 51.6 Å². The second-order valence-electron chi connectivity index (χ2n) is 15.9. The van der Waals surface area contributed by atoms with Gasteiger partial charge in [0, 0.05) is 19.4 Å². The van der Waals surface area contributed by atoms with Crippen LogP contribution in [0.3, 0.4) is 0 Å². The number of hydrogen-bond donors (Lipinski definition) is 1. The molecule has 39 heavy (non-hydrogen) atoms. The molecule has 0 aromatic rings. The number of ether oxygens (including phenoxy) is 2. The molecule has 4 aliphatic rings. The van der Waals surface area contributed by atoms with Crippen molar-refractivity contribution in [3.05, 3.63) is 11.6 Å². The van der Waals surface area contributed by atoms with Crippen LogP contribution >= 0.6 is 0 Å².